The molecular weight excluding hydrogens is 366 g/mol. The minimum Gasteiger partial charge on any atom is -0.481 e. The second kappa shape index (κ2) is 9.32. The zero-order valence-corrected chi connectivity index (χ0v) is 15.9. The summed E-state index contributed by atoms with van der Waals surface area (Å²) < 4.78 is 24.0. The number of amides is 1. The molecule has 2 rings (SSSR count). The average molecular weight is 389 g/mol. The number of carboxylic acid groups (broad SMARTS) is 1. The fourth-order valence-electron chi connectivity index (χ4n) is 2.69. The average Bonchev–Trinajstić information content (AvgIpc) is 2.67. The molecule has 0 radical (unpaired) electrons. The van der Waals surface area contributed by atoms with Crippen LogP contribution >= 0.6 is 0 Å². The van der Waals surface area contributed by atoms with Gasteiger partial charge in [0.2, 0.25) is 0 Å². The molecule has 0 saturated carbocycles. The zero-order valence-electron chi connectivity index (χ0n) is 15.1. The van der Waals surface area contributed by atoms with Crippen molar-refractivity contribution in [2.75, 3.05) is 5.75 Å². The van der Waals surface area contributed by atoms with Gasteiger partial charge in [0, 0.05) is 18.0 Å². The van der Waals surface area contributed by atoms with Gasteiger partial charge in [0.1, 0.15) is 0 Å². The topological polar surface area (TPSA) is 101 Å². The molecule has 1 unspecified atom stereocenters. The van der Waals surface area contributed by atoms with Crippen LogP contribution in [0.25, 0.3) is 0 Å². The summed E-state index contributed by atoms with van der Waals surface area (Å²) >= 11 is 0. The van der Waals surface area contributed by atoms with Crippen molar-refractivity contribution in [3.63, 3.8) is 0 Å². The number of carbonyl (C=O) groups excluding carboxylic acids is 1. The third kappa shape index (κ3) is 6.21. The number of benzene rings is 2. The van der Waals surface area contributed by atoms with Crippen LogP contribution < -0.4 is 5.32 Å². The summed E-state index contributed by atoms with van der Waals surface area (Å²) in [5.74, 6) is -1.40. The molecule has 2 N–H and O–H groups in total. The normalized spacial score (nSPS) is 12.3. The van der Waals surface area contributed by atoms with E-state index < -0.39 is 21.7 Å². The molecule has 0 aliphatic rings. The van der Waals surface area contributed by atoms with Crippen LogP contribution in [0.1, 0.15) is 35.7 Å². The summed E-state index contributed by atoms with van der Waals surface area (Å²) in [5, 5.41) is 11.8. The van der Waals surface area contributed by atoms with Crippen LogP contribution in [0, 0.1) is 0 Å². The van der Waals surface area contributed by atoms with Crippen molar-refractivity contribution in [3.8, 4) is 0 Å². The van der Waals surface area contributed by atoms with Crippen molar-refractivity contribution in [3.05, 3.63) is 65.7 Å². The predicted molar refractivity (Wildman–Crippen MR) is 102 cm³/mol. The third-order valence-electron chi connectivity index (χ3n) is 4.20. The highest BCUT2D eigenvalue weighted by molar-refractivity contribution is 7.91. The highest BCUT2D eigenvalue weighted by Crippen LogP contribution is 2.14. The van der Waals surface area contributed by atoms with Gasteiger partial charge >= 0.3 is 5.97 Å². The van der Waals surface area contributed by atoms with Gasteiger partial charge in [-0.15, -0.1) is 0 Å². The monoisotopic (exact) mass is 389 g/mol. The Morgan fingerprint density at radius 3 is 2.41 bits per heavy atom. The second-order valence-electron chi connectivity index (χ2n) is 6.22. The van der Waals surface area contributed by atoms with Gasteiger partial charge < -0.3 is 10.4 Å². The predicted octanol–water partition coefficient (Wildman–Crippen LogP) is 2.69. The Labute approximate surface area is 159 Å². The molecule has 0 fully saturated rings. The van der Waals surface area contributed by atoms with Gasteiger partial charge in [0.25, 0.3) is 5.91 Å². The van der Waals surface area contributed by atoms with E-state index >= 15 is 0 Å². The number of nitrogens with one attached hydrogen (secondary N) is 1. The lowest BCUT2D eigenvalue weighted by Crippen LogP contribution is -2.37. The molecule has 0 aliphatic heterocycles. The van der Waals surface area contributed by atoms with Crippen LogP contribution in [0.5, 0.6) is 0 Å². The standard InChI is InChI=1S/C20H23NO5S/c1-2-27(25,26)18-10-6-9-16(14-18)20(24)21-17(11-12-19(22)23)13-15-7-4-3-5-8-15/h3-10,14,17H,2,11-13H2,1H3,(H,21,24)(H,22,23). The number of sulfone groups is 1. The highest BCUT2D eigenvalue weighted by Gasteiger charge is 2.18. The Morgan fingerprint density at radius 2 is 1.78 bits per heavy atom. The van der Waals surface area contributed by atoms with Crippen molar-refractivity contribution in [1.29, 1.82) is 0 Å². The summed E-state index contributed by atoms with van der Waals surface area (Å²) in [6.45, 7) is 1.55. The lowest BCUT2D eigenvalue weighted by molar-refractivity contribution is -0.137. The summed E-state index contributed by atoms with van der Waals surface area (Å²) in [6, 6.07) is 15.0. The first-order valence-corrected chi connectivity index (χ1v) is 10.4. The maximum absolute atomic E-state index is 12.6. The minimum atomic E-state index is -3.41. The van der Waals surface area contributed by atoms with Crippen molar-refractivity contribution >= 4 is 21.7 Å². The van der Waals surface area contributed by atoms with E-state index in [0.29, 0.717) is 6.42 Å². The molecule has 0 aromatic heterocycles. The van der Waals surface area contributed by atoms with Crippen LogP contribution in [0.15, 0.2) is 59.5 Å². The number of carboxylic acids is 1. The Kier molecular flexibility index (Phi) is 7.12. The highest BCUT2D eigenvalue weighted by atomic mass is 32.2. The summed E-state index contributed by atoms with van der Waals surface area (Å²) in [5.41, 5.74) is 1.22. The smallest absolute Gasteiger partial charge is 0.303 e. The van der Waals surface area contributed by atoms with Gasteiger partial charge in [-0.3, -0.25) is 9.59 Å². The van der Waals surface area contributed by atoms with Gasteiger partial charge in [-0.2, -0.15) is 0 Å². The summed E-state index contributed by atoms with van der Waals surface area (Å²) in [4.78, 5) is 23.6. The van der Waals surface area contributed by atoms with Crippen LogP contribution in [0.2, 0.25) is 0 Å². The van der Waals surface area contributed by atoms with E-state index in [9.17, 15) is 18.0 Å². The Bertz CT molecular complexity index is 894. The van der Waals surface area contributed by atoms with Gasteiger partial charge in [-0.25, -0.2) is 8.42 Å². The molecule has 0 bridgehead atoms. The molecule has 0 saturated heterocycles. The number of aliphatic carboxylic acids is 1. The zero-order chi connectivity index (χ0) is 19.9. The van der Waals surface area contributed by atoms with Crippen LogP contribution in [-0.2, 0) is 21.1 Å². The molecule has 2 aromatic rings. The lowest BCUT2D eigenvalue weighted by Gasteiger charge is -2.18. The molecule has 7 heteroatoms. The largest absolute Gasteiger partial charge is 0.481 e. The fourth-order valence-corrected chi connectivity index (χ4v) is 3.61. The van der Waals surface area contributed by atoms with E-state index in [1.165, 1.54) is 18.2 Å². The van der Waals surface area contributed by atoms with Gasteiger partial charge in [-0.05, 0) is 36.6 Å². The Morgan fingerprint density at radius 1 is 1.07 bits per heavy atom. The molecule has 1 amide bonds. The first-order valence-electron chi connectivity index (χ1n) is 8.71. The summed E-state index contributed by atoms with van der Waals surface area (Å²) in [6.07, 6.45) is 0.706. The molecule has 27 heavy (non-hydrogen) atoms. The van der Waals surface area contributed by atoms with E-state index in [-0.39, 0.29) is 35.1 Å². The van der Waals surface area contributed by atoms with E-state index in [2.05, 4.69) is 5.32 Å². The van der Waals surface area contributed by atoms with Crippen molar-refractivity contribution in [2.45, 2.75) is 37.1 Å². The van der Waals surface area contributed by atoms with E-state index in [1.54, 1.807) is 13.0 Å². The number of hydrogen-bond acceptors (Lipinski definition) is 4. The van der Waals surface area contributed by atoms with Gasteiger partial charge in [0.05, 0.1) is 10.6 Å². The Hall–Kier alpha value is -2.67. The second-order valence-corrected chi connectivity index (χ2v) is 8.50. The van der Waals surface area contributed by atoms with Crippen molar-refractivity contribution in [1.82, 2.24) is 5.32 Å². The number of rotatable bonds is 9. The van der Waals surface area contributed by atoms with Crippen LogP contribution in [0.4, 0.5) is 0 Å². The third-order valence-corrected chi connectivity index (χ3v) is 5.93. The fraction of sp³-hybridized carbons (Fsp3) is 0.300. The molecule has 6 nitrogen and oxygen atoms in total. The molecule has 144 valence electrons. The molecule has 0 spiro atoms. The maximum atomic E-state index is 12.6. The van der Waals surface area contributed by atoms with Crippen molar-refractivity contribution in [2.24, 2.45) is 0 Å². The quantitative estimate of drug-likeness (QED) is 0.687. The van der Waals surface area contributed by atoms with E-state index in [1.807, 2.05) is 30.3 Å². The maximum Gasteiger partial charge on any atom is 0.303 e. The van der Waals surface area contributed by atoms with Gasteiger partial charge in [0.15, 0.2) is 9.84 Å². The molecule has 0 aliphatic carbocycles. The van der Waals surface area contributed by atoms with Crippen LogP contribution in [0.3, 0.4) is 0 Å². The molecule has 0 heterocycles. The first-order chi connectivity index (χ1) is 12.8. The molecular formula is C20H23NO5S. The minimum absolute atomic E-state index is 0.0483. The number of hydrogen-bond donors (Lipinski definition) is 2. The summed E-state index contributed by atoms with van der Waals surface area (Å²) in [7, 11) is -3.41. The van der Waals surface area contributed by atoms with Gasteiger partial charge in [-0.1, -0.05) is 43.3 Å². The molecule has 2 aromatic carbocycles. The SMILES string of the molecule is CCS(=O)(=O)c1cccc(C(=O)NC(CCC(=O)O)Cc2ccccc2)c1. The van der Waals surface area contributed by atoms with E-state index in [4.69, 9.17) is 5.11 Å². The molecule has 1 atom stereocenters. The van der Waals surface area contributed by atoms with E-state index in [0.717, 1.165) is 5.56 Å². The van der Waals surface area contributed by atoms with Crippen molar-refractivity contribution < 1.29 is 23.1 Å². The number of carbonyl (C=O) groups is 2. The first kappa shape index (κ1) is 20.6. The Balaban J connectivity index is 2.17. The van der Waals surface area contributed by atoms with Crippen LogP contribution in [-0.4, -0.2) is 37.2 Å². The lowest BCUT2D eigenvalue weighted by atomic mass is 10.0.